The van der Waals surface area contributed by atoms with Crippen LogP contribution in [0.5, 0.6) is 0 Å². The lowest BCUT2D eigenvalue weighted by Crippen LogP contribution is -2.63. The highest BCUT2D eigenvalue weighted by Gasteiger charge is 2.82. The number of allylic oxidation sites excluding steroid dienone is 3. The normalized spacial score (nSPS) is 43.5. The molecule has 0 bridgehead atoms. The first-order valence-corrected chi connectivity index (χ1v) is 12.7. The van der Waals surface area contributed by atoms with Crippen LogP contribution in [-0.4, -0.2) is 47.6 Å². The predicted molar refractivity (Wildman–Crippen MR) is 127 cm³/mol. The zero-order valence-electron chi connectivity index (χ0n) is 21.7. The van der Waals surface area contributed by atoms with Crippen molar-refractivity contribution in [2.45, 2.75) is 78.1 Å². The second-order valence-electron chi connectivity index (χ2n) is 11.5. The SMILES string of the molecule is CC(=O)OCC(=O)[C@@]1(OC(C)=O)C(C)C[C@H]2[C@@H]3CC=C4C=C(OC(C)=O)C=C[C@]4(C)[C@]34OC4C[C@@]21C. The van der Waals surface area contributed by atoms with E-state index in [1.54, 1.807) is 0 Å². The highest BCUT2D eigenvalue weighted by atomic mass is 16.6. The van der Waals surface area contributed by atoms with E-state index in [0.717, 1.165) is 12.0 Å². The summed E-state index contributed by atoms with van der Waals surface area (Å²) in [6, 6.07) is 0. The molecule has 0 aromatic carbocycles. The van der Waals surface area contributed by atoms with Gasteiger partial charge in [0.2, 0.25) is 5.78 Å². The maximum absolute atomic E-state index is 13.7. The monoisotopic (exact) mass is 498 g/mol. The number of carbonyl (C=O) groups excluding carboxylic acids is 4. The van der Waals surface area contributed by atoms with Crippen LogP contribution in [0.4, 0.5) is 0 Å². The maximum Gasteiger partial charge on any atom is 0.308 e. The molecule has 1 spiro atoms. The minimum Gasteiger partial charge on any atom is -0.458 e. The molecule has 4 aliphatic carbocycles. The minimum absolute atomic E-state index is 0.0498. The van der Waals surface area contributed by atoms with Crippen molar-refractivity contribution in [2.24, 2.45) is 28.6 Å². The van der Waals surface area contributed by atoms with Crippen LogP contribution in [0, 0.1) is 28.6 Å². The van der Waals surface area contributed by atoms with Crippen molar-refractivity contribution < 1.29 is 38.1 Å². The number of ketones is 1. The average molecular weight is 499 g/mol. The molecule has 36 heavy (non-hydrogen) atoms. The number of epoxide rings is 1. The molecule has 8 nitrogen and oxygen atoms in total. The second kappa shape index (κ2) is 7.88. The van der Waals surface area contributed by atoms with Crippen molar-refractivity contribution >= 4 is 23.7 Å². The Morgan fingerprint density at radius 2 is 1.78 bits per heavy atom. The van der Waals surface area contributed by atoms with Gasteiger partial charge in [-0.05, 0) is 55.7 Å². The second-order valence-corrected chi connectivity index (χ2v) is 11.5. The molecule has 0 aromatic rings. The Kier molecular flexibility index (Phi) is 5.46. The summed E-state index contributed by atoms with van der Waals surface area (Å²) in [5.74, 6) is -1.39. The molecular weight excluding hydrogens is 464 g/mol. The van der Waals surface area contributed by atoms with E-state index < -0.39 is 40.6 Å². The van der Waals surface area contributed by atoms with Crippen LogP contribution in [0.1, 0.15) is 60.8 Å². The lowest BCUT2D eigenvalue weighted by molar-refractivity contribution is -0.192. The van der Waals surface area contributed by atoms with E-state index in [4.69, 9.17) is 18.9 Å². The van der Waals surface area contributed by atoms with Crippen molar-refractivity contribution in [2.75, 3.05) is 6.61 Å². The molecule has 2 unspecified atom stereocenters. The molecule has 8 heteroatoms. The van der Waals surface area contributed by atoms with Crippen LogP contribution in [0.25, 0.3) is 0 Å². The Morgan fingerprint density at radius 3 is 2.42 bits per heavy atom. The smallest absolute Gasteiger partial charge is 0.308 e. The zero-order chi connectivity index (χ0) is 26.3. The summed E-state index contributed by atoms with van der Waals surface area (Å²) in [6.07, 6.45) is 9.87. The van der Waals surface area contributed by atoms with E-state index in [0.29, 0.717) is 18.6 Å². The van der Waals surface area contributed by atoms with E-state index in [1.165, 1.54) is 20.8 Å². The van der Waals surface area contributed by atoms with Gasteiger partial charge in [0.05, 0.1) is 6.10 Å². The molecule has 2 saturated carbocycles. The van der Waals surface area contributed by atoms with Gasteiger partial charge in [-0.3, -0.25) is 19.2 Å². The summed E-state index contributed by atoms with van der Waals surface area (Å²) in [4.78, 5) is 49.0. The Labute approximate surface area is 211 Å². The number of rotatable bonds is 5. The van der Waals surface area contributed by atoms with E-state index in [-0.39, 0.29) is 35.6 Å². The van der Waals surface area contributed by atoms with Gasteiger partial charge in [-0.1, -0.05) is 26.0 Å². The predicted octanol–water partition coefficient (Wildman–Crippen LogP) is 3.59. The van der Waals surface area contributed by atoms with E-state index in [1.807, 2.05) is 26.0 Å². The summed E-state index contributed by atoms with van der Waals surface area (Å²) in [7, 11) is 0. The van der Waals surface area contributed by atoms with E-state index in [9.17, 15) is 19.2 Å². The van der Waals surface area contributed by atoms with Crippen LogP contribution >= 0.6 is 0 Å². The Bertz CT molecular complexity index is 1150. The molecule has 5 rings (SSSR count). The molecule has 1 saturated heterocycles. The minimum atomic E-state index is -1.40. The summed E-state index contributed by atoms with van der Waals surface area (Å²) in [5, 5.41) is 0. The number of Topliss-reactive ketones (excluding diaryl/α,β-unsaturated/α-hetero) is 1. The maximum atomic E-state index is 13.7. The number of hydrogen-bond acceptors (Lipinski definition) is 8. The highest BCUT2D eigenvalue weighted by molar-refractivity contribution is 5.93. The first-order chi connectivity index (χ1) is 16.8. The number of esters is 3. The lowest BCUT2D eigenvalue weighted by Gasteiger charge is -2.55. The Morgan fingerprint density at radius 1 is 1.06 bits per heavy atom. The van der Waals surface area contributed by atoms with Gasteiger partial charge in [-0.25, -0.2) is 0 Å². The fraction of sp³-hybridized carbons (Fsp3) is 0.643. The molecule has 1 aliphatic heterocycles. The third-order valence-electron chi connectivity index (χ3n) is 9.64. The van der Waals surface area contributed by atoms with Crippen molar-refractivity contribution in [3.05, 3.63) is 35.6 Å². The molecule has 5 aliphatic rings. The first-order valence-electron chi connectivity index (χ1n) is 12.7. The van der Waals surface area contributed by atoms with Gasteiger partial charge in [0.1, 0.15) is 11.4 Å². The fourth-order valence-electron chi connectivity index (χ4n) is 8.32. The van der Waals surface area contributed by atoms with Crippen molar-refractivity contribution in [1.82, 2.24) is 0 Å². The third-order valence-corrected chi connectivity index (χ3v) is 9.64. The Hall–Kier alpha value is -2.74. The van der Waals surface area contributed by atoms with Crippen molar-refractivity contribution in [3.8, 4) is 0 Å². The van der Waals surface area contributed by atoms with Crippen molar-refractivity contribution in [3.63, 3.8) is 0 Å². The molecule has 0 amide bonds. The van der Waals surface area contributed by atoms with Gasteiger partial charge < -0.3 is 18.9 Å². The standard InChI is InChI=1S/C28H34O8/c1-15-11-22-21-8-7-19-12-20(34-17(3)30)9-10-25(19,5)28(21)24(36-28)13-26(22,6)27(15,35-18(4)31)23(32)14-33-16(2)29/h7,9-10,12,15,21-22,24H,8,11,13-14H2,1-6H3/t15?,21-,22-,24?,25-,26-,27-,28-/m0/s1. The number of ether oxygens (including phenoxy) is 4. The van der Waals surface area contributed by atoms with Crippen LogP contribution < -0.4 is 0 Å². The number of carbonyl (C=O) groups is 4. The van der Waals surface area contributed by atoms with Crippen LogP contribution in [0.2, 0.25) is 0 Å². The van der Waals surface area contributed by atoms with Crippen LogP contribution in [0.3, 0.4) is 0 Å². The molecule has 194 valence electrons. The van der Waals surface area contributed by atoms with Crippen molar-refractivity contribution in [1.29, 1.82) is 0 Å². The van der Waals surface area contributed by atoms with Gasteiger partial charge in [0.15, 0.2) is 12.2 Å². The summed E-state index contributed by atoms with van der Waals surface area (Å²) in [6.45, 7) is 9.69. The van der Waals surface area contributed by atoms with Gasteiger partial charge in [0, 0.05) is 37.5 Å². The van der Waals surface area contributed by atoms with Gasteiger partial charge in [0.25, 0.3) is 0 Å². The molecule has 1 heterocycles. The summed E-state index contributed by atoms with van der Waals surface area (Å²) < 4.78 is 23.0. The third kappa shape index (κ3) is 3.09. The average Bonchev–Trinajstić information content (AvgIpc) is 3.45. The van der Waals surface area contributed by atoms with Crippen LogP contribution in [-0.2, 0) is 38.1 Å². The fourth-order valence-corrected chi connectivity index (χ4v) is 8.32. The summed E-state index contributed by atoms with van der Waals surface area (Å²) in [5.41, 5.74) is -1.87. The topological polar surface area (TPSA) is 109 Å². The molecular formula is C28H34O8. The highest BCUT2D eigenvalue weighted by Crippen LogP contribution is 2.76. The van der Waals surface area contributed by atoms with Gasteiger partial charge in [-0.15, -0.1) is 0 Å². The van der Waals surface area contributed by atoms with E-state index >= 15 is 0 Å². The molecule has 0 aromatic heterocycles. The summed E-state index contributed by atoms with van der Waals surface area (Å²) >= 11 is 0. The number of hydrogen-bond donors (Lipinski definition) is 0. The van der Waals surface area contributed by atoms with E-state index in [2.05, 4.69) is 19.1 Å². The largest absolute Gasteiger partial charge is 0.458 e. The molecule has 3 fully saturated rings. The number of fused-ring (bicyclic) bond motifs is 3. The molecule has 0 radical (unpaired) electrons. The quantitative estimate of drug-likeness (QED) is 0.321. The molecule has 0 N–H and O–H groups in total. The van der Waals surface area contributed by atoms with Gasteiger partial charge >= 0.3 is 17.9 Å². The van der Waals surface area contributed by atoms with Gasteiger partial charge in [-0.2, -0.15) is 0 Å². The zero-order valence-corrected chi connectivity index (χ0v) is 21.7. The molecule has 8 atom stereocenters. The van der Waals surface area contributed by atoms with Crippen LogP contribution in [0.15, 0.2) is 35.6 Å². The Balaban J connectivity index is 1.55. The lowest BCUT2D eigenvalue weighted by atomic mass is 9.48. The first kappa shape index (κ1) is 24.9.